The van der Waals surface area contributed by atoms with E-state index in [4.69, 9.17) is 4.42 Å². The van der Waals surface area contributed by atoms with E-state index in [0.29, 0.717) is 17.1 Å². The summed E-state index contributed by atoms with van der Waals surface area (Å²) >= 11 is 0. The number of oxazole rings is 1. The van der Waals surface area contributed by atoms with Crippen LogP contribution in [0.15, 0.2) is 181 Å². The fraction of sp³-hybridized carbons (Fsp3) is 0.0208. The normalized spacial score (nSPS) is 11.5. The first-order valence-electron chi connectivity index (χ1n) is 17.8. The molecule has 0 amide bonds. The number of hydrogen-bond acceptors (Lipinski definition) is 4. The summed E-state index contributed by atoms with van der Waals surface area (Å²) in [5.41, 5.74) is 17.9. The Morgan fingerprint density at radius 1 is 0.453 bits per heavy atom. The maximum atomic E-state index is 6.46. The van der Waals surface area contributed by atoms with E-state index in [-0.39, 0.29) is 0 Å². The van der Waals surface area contributed by atoms with Gasteiger partial charge in [-0.1, -0.05) is 152 Å². The van der Waals surface area contributed by atoms with Gasteiger partial charge in [0.15, 0.2) is 11.2 Å². The second kappa shape index (κ2) is 12.6. The number of nitrogens with zero attached hydrogens (tertiary/aromatic N) is 4. The van der Waals surface area contributed by atoms with Crippen molar-refractivity contribution in [3.63, 3.8) is 0 Å². The molecule has 5 nitrogen and oxygen atoms in total. The van der Waals surface area contributed by atoms with Crippen LogP contribution < -0.4 is 0 Å². The van der Waals surface area contributed by atoms with Crippen molar-refractivity contribution in [1.29, 1.82) is 0 Å². The fourth-order valence-corrected chi connectivity index (χ4v) is 7.75. The van der Waals surface area contributed by atoms with Gasteiger partial charge in [0, 0.05) is 18.0 Å². The van der Waals surface area contributed by atoms with Gasteiger partial charge in [0.05, 0.1) is 5.52 Å². The summed E-state index contributed by atoms with van der Waals surface area (Å²) in [5.74, 6) is 0.483. The Balaban J connectivity index is 1.25. The lowest BCUT2D eigenvalue weighted by molar-refractivity contribution is 0.643. The molecule has 0 saturated carbocycles. The Morgan fingerprint density at radius 3 is 1.49 bits per heavy atom. The Hall–Kier alpha value is -7.11. The lowest BCUT2D eigenvalue weighted by Crippen LogP contribution is -1.98. The van der Waals surface area contributed by atoms with Crippen molar-refractivity contribution >= 4 is 28.2 Å². The van der Waals surface area contributed by atoms with Crippen molar-refractivity contribution < 1.29 is 4.42 Å². The zero-order valence-corrected chi connectivity index (χ0v) is 28.9. The van der Waals surface area contributed by atoms with Crippen LogP contribution in [-0.2, 0) is 0 Å². The monoisotopic (exact) mass is 680 g/mol. The molecule has 0 saturated heterocycles. The Kier molecular flexibility index (Phi) is 7.29. The third-order valence-electron chi connectivity index (χ3n) is 10.1. The van der Waals surface area contributed by atoms with E-state index in [1.165, 1.54) is 38.9 Å². The highest BCUT2D eigenvalue weighted by molar-refractivity contribution is 6.07. The molecule has 5 heteroatoms. The van der Waals surface area contributed by atoms with Crippen LogP contribution in [0.2, 0.25) is 0 Å². The number of rotatable bonds is 6. The van der Waals surface area contributed by atoms with Crippen LogP contribution in [0.3, 0.4) is 0 Å². The van der Waals surface area contributed by atoms with Crippen molar-refractivity contribution in [2.75, 3.05) is 0 Å². The number of aromatic nitrogens is 4. The molecule has 250 valence electrons. The van der Waals surface area contributed by atoms with Crippen molar-refractivity contribution in [1.82, 2.24) is 19.4 Å². The van der Waals surface area contributed by atoms with E-state index in [1.54, 1.807) is 12.4 Å². The predicted molar refractivity (Wildman–Crippen MR) is 215 cm³/mol. The van der Waals surface area contributed by atoms with Crippen LogP contribution >= 0.6 is 0 Å². The third kappa shape index (κ3) is 5.13. The number of benzene rings is 7. The minimum absolute atomic E-state index is 0.483. The fourth-order valence-electron chi connectivity index (χ4n) is 7.75. The molecule has 10 aromatic rings. The van der Waals surface area contributed by atoms with Gasteiger partial charge in [-0.05, 0) is 85.8 Å². The molecular weight excluding hydrogens is 649 g/mol. The summed E-state index contributed by atoms with van der Waals surface area (Å²) in [6.07, 6.45) is 3.34. The van der Waals surface area contributed by atoms with Crippen molar-refractivity contribution in [2.24, 2.45) is 0 Å². The number of hydrogen-bond donors (Lipinski definition) is 0. The molecular formula is C48H32N4O. The van der Waals surface area contributed by atoms with Gasteiger partial charge < -0.3 is 4.42 Å². The van der Waals surface area contributed by atoms with Crippen LogP contribution in [0.25, 0.3) is 95.0 Å². The van der Waals surface area contributed by atoms with Crippen LogP contribution in [0.5, 0.6) is 0 Å². The largest absolute Gasteiger partial charge is 0.422 e. The van der Waals surface area contributed by atoms with Gasteiger partial charge in [0.1, 0.15) is 0 Å². The quantitative estimate of drug-likeness (QED) is 0.175. The van der Waals surface area contributed by atoms with Crippen LogP contribution in [0.4, 0.5) is 0 Å². The van der Waals surface area contributed by atoms with Crippen LogP contribution in [0.1, 0.15) is 5.56 Å². The number of fused-ring (bicyclic) bond motifs is 5. The molecule has 0 aliphatic carbocycles. The second-order valence-electron chi connectivity index (χ2n) is 13.3. The summed E-state index contributed by atoms with van der Waals surface area (Å²) in [6, 6.07) is 58.6. The SMILES string of the molecule is Cc1ccc2c(oc3nc4nccnc4n32)c1-c1ccc(-c2c(-c3ccccc3)cc(-c3ccccc3)c(-c3ccccc3)c2-c2ccccc2)cc1. The molecule has 10 rings (SSSR count). The molecule has 3 aromatic heterocycles. The van der Waals surface area contributed by atoms with Crippen LogP contribution in [-0.4, -0.2) is 19.4 Å². The van der Waals surface area contributed by atoms with Gasteiger partial charge in [0.2, 0.25) is 5.65 Å². The minimum Gasteiger partial charge on any atom is -0.422 e. The molecule has 53 heavy (non-hydrogen) atoms. The van der Waals surface area contributed by atoms with Crippen LogP contribution in [0, 0.1) is 6.92 Å². The van der Waals surface area contributed by atoms with Gasteiger partial charge in [-0.2, -0.15) is 4.98 Å². The third-order valence-corrected chi connectivity index (χ3v) is 10.1. The van der Waals surface area contributed by atoms with Gasteiger partial charge >= 0.3 is 5.84 Å². The first-order chi connectivity index (χ1) is 26.2. The Labute approximate surface area is 306 Å². The van der Waals surface area contributed by atoms with Gasteiger partial charge in [0.25, 0.3) is 0 Å². The molecule has 3 heterocycles. The van der Waals surface area contributed by atoms with E-state index < -0.39 is 0 Å². The zero-order chi connectivity index (χ0) is 35.3. The molecule has 0 atom stereocenters. The lowest BCUT2D eigenvalue weighted by Gasteiger charge is -2.24. The molecule has 0 spiro atoms. The second-order valence-corrected chi connectivity index (χ2v) is 13.3. The Bertz CT molecular complexity index is 2910. The zero-order valence-electron chi connectivity index (χ0n) is 28.9. The summed E-state index contributed by atoms with van der Waals surface area (Å²) in [6.45, 7) is 2.13. The summed E-state index contributed by atoms with van der Waals surface area (Å²) in [7, 11) is 0. The Morgan fingerprint density at radius 2 is 0.925 bits per heavy atom. The smallest absolute Gasteiger partial charge is 0.310 e. The molecule has 0 N–H and O–H groups in total. The maximum Gasteiger partial charge on any atom is 0.310 e. The van der Waals surface area contributed by atoms with Crippen molar-refractivity contribution in [3.8, 4) is 66.8 Å². The molecule has 0 bridgehead atoms. The maximum absolute atomic E-state index is 6.46. The van der Waals surface area contributed by atoms with Crippen molar-refractivity contribution in [2.45, 2.75) is 6.92 Å². The topological polar surface area (TPSA) is 56.2 Å². The average molecular weight is 681 g/mol. The minimum atomic E-state index is 0.483. The highest BCUT2D eigenvalue weighted by Crippen LogP contribution is 2.50. The van der Waals surface area contributed by atoms with Gasteiger partial charge in [-0.15, -0.1) is 0 Å². The van der Waals surface area contributed by atoms with E-state index in [1.807, 2.05) is 4.40 Å². The highest BCUT2D eigenvalue weighted by Gasteiger charge is 2.24. The van der Waals surface area contributed by atoms with E-state index in [0.717, 1.165) is 44.5 Å². The molecule has 7 aromatic carbocycles. The van der Waals surface area contributed by atoms with Gasteiger partial charge in [-0.25, -0.2) is 14.4 Å². The first-order valence-corrected chi connectivity index (χ1v) is 17.8. The summed E-state index contributed by atoms with van der Waals surface area (Å²) in [5, 5.41) is 0. The van der Waals surface area contributed by atoms with E-state index in [9.17, 15) is 0 Å². The molecule has 0 aliphatic rings. The lowest BCUT2D eigenvalue weighted by atomic mass is 9.78. The number of aryl methyl sites for hydroxylation is 1. The number of imidazole rings is 1. The van der Waals surface area contributed by atoms with E-state index >= 15 is 0 Å². The molecule has 0 aliphatic heterocycles. The summed E-state index contributed by atoms with van der Waals surface area (Å²) < 4.78 is 8.42. The standard InChI is InChI=1S/C48H32N4O/c1-31-22-27-40-45(53-48-51-46-47(52(40)48)50-29-28-49-46)41(31)36-23-25-37(26-24-36)43-39(33-16-8-3-9-17-33)30-38(32-14-6-2-7-15-32)42(34-18-10-4-11-19-34)44(43)35-20-12-5-13-21-35/h2-30H,1H3. The summed E-state index contributed by atoms with van der Waals surface area (Å²) in [4.78, 5) is 13.6. The highest BCUT2D eigenvalue weighted by atomic mass is 16.4. The predicted octanol–water partition coefficient (Wildman–Crippen LogP) is 12.3. The molecule has 0 fully saturated rings. The van der Waals surface area contributed by atoms with Gasteiger partial charge in [-0.3, -0.25) is 0 Å². The molecule has 0 unspecified atom stereocenters. The molecule has 0 radical (unpaired) electrons. The van der Waals surface area contributed by atoms with E-state index in [2.05, 4.69) is 186 Å². The first kappa shape index (κ1) is 30.7. The van der Waals surface area contributed by atoms with Crippen molar-refractivity contribution in [3.05, 3.63) is 182 Å². The average Bonchev–Trinajstić information content (AvgIpc) is 3.78.